The first-order valence-electron chi connectivity index (χ1n) is 8.03. The van der Waals surface area contributed by atoms with E-state index in [1.807, 2.05) is 13.1 Å². The first-order valence-corrected chi connectivity index (χ1v) is 8.85. The lowest BCUT2D eigenvalue weighted by Crippen LogP contribution is -2.47. The molecule has 0 aliphatic carbocycles. The molecule has 0 aromatic carbocycles. The fraction of sp³-hybridized carbons (Fsp3) is 0.733. The number of piperidine rings is 1. The van der Waals surface area contributed by atoms with Crippen molar-refractivity contribution in [3.05, 3.63) is 11.1 Å². The number of hydrogen-bond acceptors (Lipinski definition) is 6. The van der Waals surface area contributed by atoms with Crippen molar-refractivity contribution >= 4 is 22.4 Å². The predicted molar refractivity (Wildman–Crippen MR) is 87.4 cm³/mol. The summed E-state index contributed by atoms with van der Waals surface area (Å²) in [6, 6.07) is -0.143. The van der Waals surface area contributed by atoms with Crippen molar-refractivity contribution in [2.45, 2.75) is 31.7 Å². The highest BCUT2D eigenvalue weighted by atomic mass is 32.1. The topological polar surface area (TPSA) is 66.5 Å². The van der Waals surface area contributed by atoms with Gasteiger partial charge in [-0.1, -0.05) is 0 Å². The van der Waals surface area contributed by atoms with Gasteiger partial charge < -0.3 is 15.4 Å². The van der Waals surface area contributed by atoms with Gasteiger partial charge in [0, 0.05) is 24.2 Å². The summed E-state index contributed by atoms with van der Waals surface area (Å²) < 4.78 is 5.33. The van der Waals surface area contributed by atoms with Crippen LogP contribution in [0.2, 0.25) is 0 Å². The van der Waals surface area contributed by atoms with E-state index in [-0.39, 0.29) is 11.9 Å². The molecule has 0 saturated carbocycles. The van der Waals surface area contributed by atoms with Crippen molar-refractivity contribution in [1.29, 1.82) is 0 Å². The van der Waals surface area contributed by atoms with Gasteiger partial charge in [-0.25, -0.2) is 4.98 Å². The third-order valence-corrected chi connectivity index (χ3v) is 5.54. The zero-order valence-electron chi connectivity index (χ0n) is 13.0. The molecule has 2 saturated heterocycles. The number of aromatic nitrogens is 1. The first kappa shape index (κ1) is 15.9. The molecule has 122 valence electrons. The summed E-state index contributed by atoms with van der Waals surface area (Å²) in [6.45, 7) is 7.11. The van der Waals surface area contributed by atoms with Crippen LogP contribution in [-0.4, -0.2) is 61.2 Å². The quantitative estimate of drug-likeness (QED) is 0.873. The maximum atomic E-state index is 12.4. The van der Waals surface area contributed by atoms with Gasteiger partial charge in [0.15, 0.2) is 5.13 Å². The Bertz CT molecular complexity index is 495. The minimum absolute atomic E-state index is 0.0214. The molecule has 3 rings (SSSR count). The highest BCUT2D eigenvalue weighted by Gasteiger charge is 2.24. The molecule has 1 aromatic heterocycles. The number of amides is 1. The van der Waals surface area contributed by atoms with Crippen LogP contribution in [-0.2, 0) is 9.53 Å². The van der Waals surface area contributed by atoms with Gasteiger partial charge in [-0.15, -0.1) is 11.3 Å². The van der Waals surface area contributed by atoms with Crippen molar-refractivity contribution in [2.24, 2.45) is 0 Å². The van der Waals surface area contributed by atoms with Crippen LogP contribution in [0.5, 0.6) is 0 Å². The van der Waals surface area contributed by atoms with Gasteiger partial charge in [0.2, 0.25) is 5.91 Å². The fourth-order valence-electron chi connectivity index (χ4n) is 2.98. The van der Waals surface area contributed by atoms with E-state index < -0.39 is 0 Å². The molecule has 1 amide bonds. The summed E-state index contributed by atoms with van der Waals surface area (Å²) in [5.41, 5.74) is 0. The summed E-state index contributed by atoms with van der Waals surface area (Å²) in [5, 5.41) is 7.06. The number of carbonyl (C=O) groups is 1. The van der Waals surface area contributed by atoms with Crippen LogP contribution in [0.1, 0.15) is 30.6 Å². The van der Waals surface area contributed by atoms with Crippen LogP contribution >= 0.6 is 11.3 Å². The highest BCUT2D eigenvalue weighted by molar-refractivity contribution is 7.15. The lowest BCUT2D eigenvalue weighted by atomic mass is 9.97. The minimum Gasteiger partial charge on any atom is -0.379 e. The van der Waals surface area contributed by atoms with Gasteiger partial charge >= 0.3 is 0 Å². The average molecular weight is 324 g/mol. The second-order valence-corrected chi connectivity index (χ2v) is 6.97. The predicted octanol–water partition coefficient (Wildman–Crippen LogP) is 1.27. The number of nitrogens with one attached hydrogen (secondary N) is 2. The summed E-state index contributed by atoms with van der Waals surface area (Å²) in [4.78, 5) is 20.2. The van der Waals surface area contributed by atoms with E-state index in [9.17, 15) is 4.79 Å². The molecule has 1 aromatic rings. The number of carbonyl (C=O) groups excluding carboxylic acids is 1. The second-order valence-electron chi connectivity index (χ2n) is 5.91. The molecule has 0 radical (unpaired) electrons. The summed E-state index contributed by atoms with van der Waals surface area (Å²) >= 11 is 1.62. The minimum atomic E-state index is -0.143. The van der Waals surface area contributed by atoms with Gasteiger partial charge in [0.1, 0.15) is 0 Å². The van der Waals surface area contributed by atoms with Gasteiger partial charge in [-0.05, 0) is 38.8 Å². The second kappa shape index (κ2) is 7.50. The number of ether oxygens (including phenoxy) is 1. The molecule has 0 bridgehead atoms. The third kappa shape index (κ3) is 3.84. The van der Waals surface area contributed by atoms with Crippen LogP contribution in [0.15, 0.2) is 6.20 Å². The molecular weight excluding hydrogens is 300 g/mol. The van der Waals surface area contributed by atoms with E-state index in [2.05, 4.69) is 20.5 Å². The molecule has 1 atom stereocenters. The molecule has 0 spiro atoms. The number of rotatable bonds is 4. The Morgan fingerprint density at radius 2 is 2.18 bits per heavy atom. The first-order chi connectivity index (χ1) is 10.7. The number of morpholine rings is 1. The molecule has 2 N–H and O–H groups in total. The van der Waals surface area contributed by atoms with Crippen LogP contribution in [0.25, 0.3) is 0 Å². The third-order valence-electron chi connectivity index (χ3n) is 4.47. The standard InChI is InChI=1S/C15H24N4O2S/c1-11(19-6-8-21-9-7-19)14(20)18-15-17-10-13(22-15)12-2-4-16-5-3-12/h10-12,16H,2-9H2,1H3,(H,17,18,20). The van der Waals surface area contributed by atoms with Crippen molar-refractivity contribution < 1.29 is 9.53 Å². The van der Waals surface area contributed by atoms with E-state index in [4.69, 9.17) is 4.74 Å². The van der Waals surface area contributed by atoms with E-state index >= 15 is 0 Å². The molecule has 6 nitrogen and oxygen atoms in total. The summed E-state index contributed by atoms with van der Waals surface area (Å²) in [7, 11) is 0. The number of thiazole rings is 1. The number of nitrogens with zero attached hydrogens (tertiary/aromatic N) is 2. The van der Waals surface area contributed by atoms with Gasteiger partial charge in [-0.2, -0.15) is 0 Å². The van der Waals surface area contributed by atoms with Crippen molar-refractivity contribution in [3.63, 3.8) is 0 Å². The van der Waals surface area contributed by atoms with Gasteiger partial charge in [-0.3, -0.25) is 9.69 Å². The lowest BCUT2D eigenvalue weighted by Gasteiger charge is -2.31. The van der Waals surface area contributed by atoms with Gasteiger partial charge in [0.05, 0.1) is 19.3 Å². The van der Waals surface area contributed by atoms with E-state index in [0.29, 0.717) is 19.1 Å². The van der Waals surface area contributed by atoms with E-state index in [1.165, 1.54) is 4.88 Å². The Morgan fingerprint density at radius 3 is 2.91 bits per heavy atom. The van der Waals surface area contributed by atoms with E-state index in [0.717, 1.165) is 44.2 Å². The number of anilines is 1. The van der Waals surface area contributed by atoms with Crippen LogP contribution in [0.4, 0.5) is 5.13 Å². The molecule has 2 fully saturated rings. The smallest absolute Gasteiger partial charge is 0.243 e. The molecule has 3 heterocycles. The molecule has 2 aliphatic rings. The van der Waals surface area contributed by atoms with Crippen molar-refractivity contribution in [3.8, 4) is 0 Å². The lowest BCUT2D eigenvalue weighted by molar-refractivity contribution is -0.122. The molecular formula is C15H24N4O2S. The van der Waals surface area contributed by atoms with Crippen LogP contribution in [0, 0.1) is 0 Å². The Labute approximate surface area is 135 Å². The normalized spacial score (nSPS) is 22.4. The Hall–Kier alpha value is -1.02. The van der Waals surface area contributed by atoms with Gasteiger partial charge in [0.25, 0.3) is 0 Å². The fourth-order valence-corrected chi connectivity index (χ4v) is 3.97. The molecule has 1 unspecified atom stereocenters. The maximum Gasteiger partial charge on any atom is 0.243 e. The zero-order chi connectivity index (χ0) is 15.4. The molecule has 7 heteroatoms. The highest BCUT2D eigenvalue weighted by Crippen LogP contribution is 2.31. The van der Waals surface area contributed by atoms with E-state index in [1.54, 1.807) is 11.3 Å². The summed E-state index contributed by atoms with van der Waals surface area (Å²) in [5.74, 6) is 0.606. The SMILES string of the molecule is CC(C(=O)Nc1ncc(C2CCNCC2)s1)N1CCOCC1. The average Bonchev–Trinajstić information content (AvgIpc) is 3.04. The van der Waals surface area contributed by atoms with Crippen LogP contribution in [0.3, 0.4) is 0 Å². The monoisotopic (exact) mass is 324 g/mol. The molecule has 22 heavy (non-hydrogen) atoms. The molecule has 2 aliphatic heterocycles. The summed E-state index contributed by atoms with van der Waals surface area (Å²) in [6.07, 6.45) is 4.23. The zero-order valence-corrected chi connectivity index (χ0v) is 13.8. The Kier molecular flexibility index (Phi) is 5.41. The van der Waals surface area contributed by atoms with Crippen molar-refractivity contribution in [2.75, 3.05) is 44.7 Å². The Morgan fingerprint density at radius 1 is 1.45 bits per heavy atom. The van der Waals surface area contributed by atoms with Crippen molar-refractivity contribution in [1.82, 2.24) is 15.2 Å². The Balaban J connectivity index is 1.55. The number of hydrogen-bond donors (Lipinski definition) is 2. The largest absolute Gasteiger partial charge is 0.379 e. The van der Waals surface area contributed by atoms with Crippen LogP contribution < -0.4 is 10.6 Å². The maximum absolute atomic E-state index is 12.4.